The van der Waals surface area contributed by atoms with Crippen LogP contribution < -0.4 is 10.0 Å². The standard InChI is InChI=1S/C8H8Cl2N2O4S/c1-15-17(13,14)16-8-5(4-12-11)2-6(9)3-7(8)10/h2-4H,11H2,1H3. The third-order valence-electron chi connectivity index (χ3n) is 1.64. The van der Waals surface area contributed by atoms with Crippen molar-refractivity contribution in [3.05, 3.63) is 27.7 Å². The van der Waals surface area contributed by atoms with E-state index < -0.39 is 10.4 Å². The monoisotopic (exact) mass is 298 g/mol. The summed E-state index contributed by atoms with van der Waals surface area (Å²) in [6, 6.07) is 2.71. The molecule has 0 atom stereocenters. The highest BCUT2D eigenvalue weighted by Crippen LogP contribution is 2.32. The zero-order chi connectivity index (χ0) is 13.1. The van der Waals surface area contributed by atoms with Gasteiger partial charge >= 0.3 is 10.4 Å². The van der Waals surface area contributed by atoms with Gasteiger partial charge < -0.3 is 10.0 Å². The maximum Gasteiger partial charge on any atom is 0.448 e. The van der Waals surface area contributed by atoms with Crippen molar-refractivity contribution in [2.45, 2.75) is 0 Å². The zero-order valence-corrected chi connectivity index (χ0v) is 10.9. The quantitative estimate of drug-likeness (QED) is 0.517. The van der Waals surface area contributed by atoms with Gasteiger partial charge in [-0.3, -0.25) is 0 Å². The molecule has 6 nitrogen and oxygen atoms in total. The Labute approximate surface area is 108 Å². The Balaban J connectivity index is 3.31. The first-order chi connectivity index (χ1) is 7.89. The molecule has 0 heterocycles. The Bertz CT molecular complexity index is 545. The highest BCUT2D eigenvalue weighted by molar-refractivity contribution is 7.82. The van der Waals surface area contributed by atoms with Crippen molar-refractivity contribution in [3.63, 3.8) is 0 Å². The molecule has 0 saturated heterocycles. The molecule has 1 aromatic carbocycles. The molecule has 1 rings (SSSR count). The van der Waals surface area contributed by atoms with Crippen LogP contribution in [0.25, 0.3) is 0 Å². The molecule has 2 N–H and O–H groups in total. The van der Waals surface area contributed by atoms with Crippen LogP contribution >= 0.6 is 23.2 Å². The molecule has 0 aliphatic heterocycles. The second-order valence-corrected chi connectivity index (χ2v) is 4.90. The van der Waals surface area contributed by atoms with Crippen molar-refractivity contribution < 1.29 is 16.8 Å². The number of hydrogen-bond donors (Lipinski definition) is 1. The van der Waals surface area contributed by atoms with Crippen molar-refractivity contribution in [1.29, 1.82) is 0 Å². The number of nitrogens with zero attached hydrogens (tertiary/aromatic N) is 1. The molecule has 0 amide bonds. The minimum Gasteiger partial charge on any atom is -0.359 e. The fourth-order valence-electron chi connectivity index (χ4n) is 0.980. The van der Waals surface area contributed by atoms with E-state index in [2.05, 4.69) is 13.5 Å². The molecule has 0 aliphatic carbocycles. The van der Waals surface area contributed by atoms with Crippen LogP contribution in [0, 0.1) is 0 Å². The van der Waals surface area contributed by atoms with Crippen molar-refractivity contribution in [2.24, 2.45) is 10.9 Å². The first-order valence-corrected chi connectivity index (χ1v) is 6.21. The van der Waals surface area contributed by atoms with Crippen LogP contribution in [0.2, 0.25) is 10.0 Å². The van der Waals surface area contributed by atoms with Crippen LogP contribution in [-0.2, 0) is 14.6 Å². The molecular weight excluding hydrogens is 291 g/mol. The summed E-state index contributed by atoms with van der Waals surface area (Å²) in [5.41, 5.74) is 0.214. The summed E-state index contributed by atoms with van der Waals surface area (Å²) in [4.78, 5) is 0. The maximum absolute atomic E-state index is 11.2. The number of halogens is 2. The number of rotatable bonds is 4. The van der Waals surface area contributed by atoms with E-state index in [1.54, 1.807) is 0 Å². The van der Waals surface area contributed by atoms with E-state index in [1.165, 1.54) is 12.1 Å². The summed E-state index contributed by atoms with van der Waals surface area (Å²) in [6.45, 7) is 0. The highest BCUT2D eigenvalue weighted by Gasteiger charge is 2.18. The lowest BCUT2D eigenvalue weighted by Crippen LogP contribution is -2.12. The van der Waals surface area contributed by atoms with Gasteiger partial charge in [0.1, 0.15) is 0 Å². The van der Waals surface area contributed by atoms with Crippen LogP contribution in [0.1, 0.15) is 5.56 Å². The second-order valence-electron chi connectivity index (χ2n) is 2.74. The van der Waals surface area contributed by atoms with E-state index in [0.29, 0.717) is 0 Å². The Morgan fingerprint density at radius 1 is 1.41 bits per heavy atom. The third kappa shape index (κ3) is 3.74. The first kappa shape index (κ1) is 14.0. The average molecular weight is 299 g/mol. The van der Waals surface area contributed by atoms with E-state index in [9.17, 15) is 8.42 Å². The molecule has 17 heavy (non-hydrogen) atoms. The molecule has 0 aromatic heterocycles. The van der Waals surface area contributed by atoms with Crippen LogP contribution in [0.3, 0.4) is 0 Å². The SMILES string of the molecule is COS(=O)(=O)Oc1c(Cl)cc(Cl)cc1C=NN. The Hall–Kier alpha value is -1.02. The molecule has 0 fully saturated rings. The summed E-state index contributed by atoms with van der Waals surface area (Å²) in [5.74, 6) is 4.81. The second kappa shape index (κ2) is 5.54. The number of hydrazone groups is 1. The zero-order valence-electron chi connectivity index (χ0n) is 8.55. The highest BCUT2D eigenvalue weighted by atomic mass is 35.5. The number of hydrogen-bond acceptors (Lipinski definition) is 6. The molecule has 94 valence electrons. The summed E-state index contributed by atoms with van der Waals surface area (Å²) < 4.78 is 31.1. The van der Waals surface area contributed by atoms with Crippen LogP contribution in [0.15, 0.2) is 17.2 Å². The minimum atomic E-state index is -4.18. The predicted octanol–water partition coefficient (Wildman–Crippen LogP) is 1.56. The summed E-state index contributed by atoms with van der Waals surface area (Å²) in [5, 5.41) is 3.52. The Morgan fingerprint density at radius 2 is 2.06 bits per heavy atom. The summed E-state index contributed by atoms with van der Waals surface area (Å²) in [6.07, 6.45) is 1.15. The first-order valence-electron chi connectivity index (χ1n) is 4.12. The lowest BCUT2D eigenvalue weighted by Gasteiger charge is -2.09. The molecule has 0 spiro atoms. The summed E-state index contributed by atoms with van der Waals surface area (Å²) >= 11 is 11.5. The predicted molar refractivity (Wildman–Crippen MR) is 64.8 cm³/mol. The average Bonchev–Trinajstić information content (AvgIpc) is 2.24. The van der Waals surface area contributed by atoms with Crippen molar-refractivity contribution in [3.8, 4) is 5.75 Å². The van der Waals surface area contributed by atoms with Crippen LogP contribution in [-0.4, -0.2) is 21.7 Å². The number of benzene rings is 1. The van der Waals surface area contributed by atoms with Gasteiger partial charge in [0.25, 0.3) is 0 Å². The van der Waals surface area contributed by atoms with Gasteiger partial charge in [-0.05, 0) is 12.1 Å². The van der Waals surface area contributed by atoms with Gasteiger partial charge in [-0.15, -0.1) is 0 Å². The minimum absolute atomic E-state index is 0.00646. The van der Waals surface area contributed by atoms with Crippen LogP contribution in [0.5, 0.6) is 5.75 Å². The third-order valence-corrected chi connectivity index (χ3v) is 2.92. The Kier molecular flexibility index (Phi) is 4.58. The molecule has 9 heteroatoms. The lowest BCUT2D eigenvalue weighted by atomic mass is 10.2. The smallest absolute Gasteiger partial charge is 0.359 e. The van der Waals surface area contributed by atoms with Crippen LogP contribution in [0.4, 0.5) is 0 Å². The topological polar surface area (TPSA) is 91.0 Å². The van der Waals surface area contributed by atoms with Gasteiger partial charge in [0.15, 0.2) is 5.75 Å². The molecule has 0 unspecified atom stereocenters. The van der Waals surface area contributed by atoms with E-state index in [0.717, 1.165) is 13.3 Å². The maximum atomic E-state index is 11.2. The van der Waals surface area contributed by atoms with Gasteiger partial charge in [0.05, 0.1) is 18.3 Å². The Morgan fingerprint density at radius 3 is 2.59 bits per heavy atom. The van der Waals surface area contributed by atoms with Gasteiger partial charge in [-0.25, -0.2) is 4.18 Å². The van der Waals surface area contributed by atoms with Crippen molar-refractivity contribution in [1.82, 2.24) is 0 Å². The van der Waals surface area contributed by atoms with Gasteiger partial charge in [0.2, 0.25) is 0 Å². The summed E-state index contributed by atoms with van der Waals surface area (Å²) in [7, 11) is -3.22. The van der Waals surface area contributed by atoms with Crippen molar-refractivity contribution >= 4 is 39.8 Å². The largest absolute Gasteiger partial charge is 0.448 e. The molecule has 0 aliphatic rings. The molecular formula is C8H8Cl2N2O4S. The van der Waals surface area contributed by atoms with E-state index >= 15 is 0 Å². The molecule has 0 saturated carbocycles. The van der Waals surface area contributed by atoms with Gasteiger partial charge in [-0.2, -0.15) is 13.5 Å². The van der Waals surface area contributed by atoms with E-state index in [-0.39, 0.29) is 21.4 Å². The molecule has 1 aromatic rings. The van der Waals surface area contributed by atoms with E-state index in [4.69, 9.17) is 29.0 Å². The van der Waals surface area contributed by atoms with E-state index in [1.807, 2.05) is 0 Å². The fraction of sp³-hybridized carbons (Fsp3) is 0.125. The van der Waals surface area contributed by atoms with Gasteiger partial charge in [0, 0.05) is 10.6 Å². The van der Waals surface area contributed by atoms with Gasteiger partial charge in [-0.1, -0.05) is 23.2 Å². The molecule has 0 bridgehead atoms. The lowest BCUT2D eigenvalue weighted by molar-refractivity contribution is 0.330. The molecule has 0 radical (unpaired) electrons. The fourth-order valence-corrected chi connectivity index (χ4v) is 2.03. The van der Waals surface area contributed by atoms with Crippen molar-refractivity contribution in [2.75, 3.05) is 7.11 Å². The normalized spacial score (nSPS) is 11.9. The number of nitrogens with two attached hydrogens (primary N) is 1.